The van der Waals surface area contributed by atoms with Crippen molar-refractivity contribution < 1.29 is 0 Å². The van der Waals surface area contributed by atoms with E-state index < -0.39 is 0 Å². The Morgan fingerprint density at radius 1 is 1.35 bits per heavy atom. The van der Waals surface area contributed by atoms with E-state index in [-0.39, 0.29) is 24.0 Å². The molecule has 0 radical (unpaired) electrons. The van der Waals surface area contributed by atoms with E-state index in [1.807, 2.05) is 0 Å². The number of nitrogens with two attached hydrogens (primary N) is 1. The number of benzene rings is 1. The summed E-state index contributed by atoms with van der Waals surface area (Å²) < 4.78 is 0. The van der Waals surface area contributed by atoms with E-state index in [2.05, 4.69) is 35.4 Å². The average Bonchev–Trinajstić information content (AvgIpc) is 3.17. The number of aliphatic imine (C=N–C) groups is 1. The van der Waals surface area contributed by atoms with E-state index >= 15 is 0 Å². The van der Waals surface area contributed by atoms with Crippen LogP contribution in [0.4, 0.5) is 5.69 Å². The predicted molar refractivity (Wildman–Crippen MR) is 95.9 cm³/mol. The predicted octanol–water partition coefficient (Wildman–Crippen LogP) is 3.71. The Morgan fingerprint density at radius 3 is 2.90 bits per heavy atom. The van der Waals surface area contributed by atoms with Crippen LogP contribution in [-0.2, 0) is 12.8 Å². The summed E-state index contributed by atoms with van der Waals surface area (Å²) in [5.74, 6) is 1.34. The number of aryl methyl sites for hydroxylation is 1. The number of fused-ring (bicyclic) bond motifs is 1. The number of nitrogens with one attached hydrogen (secondary N) is 1. The van der Waals surface area contributed by atoms with Crippen LogP contribution < -0.4 is 11.1 Å². The van der Waals surface area contributed by atoms with Gasteiger partial charge >= 0.3 is 0 Å². The summed E-state index contributed by atoms with van der Waals surface area (Å²) in [5, 5.41) is 3.31. The minimum absolute atomic E-state index is 0. The van der Waals surface area contributed by atoms with Crippen molar-refractivity contribution in [1.82, 2.24) is 0 Å². The van der Waals surface area contributed by atoms with Crippen molar-refractivity contribution in [3.8, 4) is 0 Å². The number of rotatable bonds is 3. The van der Waals surface area contributed by atoms with Crippen LogP contribution in [0.5, 0.6) is 0 Å². The first kappa shape index (κ1) is 15.6. The molecule has 0 spiro atoms. The van der Waals surface area contributed by atoms with Crippen LogP contribution in [0.3, 0.4) is 0 Å². The Bertz CT molecular complexity index is 498. The zero-order valence-corrected chi connectivity index (χ0v) is 14.4. The van der Waals surface area contributed by atoms with Crippen molar-refractivity contribution in [2.24, 2.45) is 16.6 Å². The van der Waals surface area contributed by atoms with Gasteiger partial charge in [0.15, 0.2) is 5.96 Å². The molecule has 1 aromatic carbocycles. The third-order valence-corrected chi connectivity index (χ3v) is 4.37. The van der Waals surface area contributed by atoms with Gasteiger partial charge < -0.3 is 11.1 Å². The van der Waals surface area contributed by atoms with Crippen molar-refractivity contribution in [2.45, 2.75) is 51.5 Å². The molecule has 0 amide bonds. The molecule has 110 valence electrons. The second-order valence-corrected chi connectivity index (χ2v) is 5.76. The lowest BCUT2D eigenvalue weighted by Gasteiger charge is -2.19. The molecule has 0 aliphatic heterocycles. The van der Waals surface area contributed by atoms with Gasteiger partial charge in [0.2, 0.25) is 0 Å². The molecule has 1 saturated carbocycles. The van der Waals surface area contributed by atoms with Gasteiger partial charge in [0.05, 0.1) is 6.04 Å². The molecule has 3 rings (SSSR count). The lowest BCUT2D eigenvalue weighted by Crippen LogP contribution is -2.24. The molecule has 20 heavy (non-hydrogen) atoms. The first-order chi connectivity index (χ1) is 9.28. The van der Waals surface area contributed by atoms with Gasteiger partial charge in [-0.05, 0) is 55.2 Å². The molecule has 2 aliphatic rings. The van der Waals surface area contributed by atoms with Crippen LogP contribution in [-0.4, -0.2) is 12.0 Å². The number of hydrogen-bond donors (Lipinski definition) is 2. The van der Waals surface area contributed by atoms with Gasteiger partial charge in [-0.25, -0.2) is 4.99 Å². The molecular weight excluding hydrogens is 361 g/mol. The monoisotopic (exact) mass is 385 g/mol. The van der Waals surface area contributed by atoms with E-state index in [4.69, 9.17) is 5.73 Å². The molecule has 4 heteroatoms. The third kappa shape index (κ3) is 3.45. The topological polar surface area (TPSA) is 50.4 Å². The molecule has 0 saturated heterocycles. The largest absolute Gasteiger partial charge is 0.370 e. The summed E-state index contributed by atoms with van der Waals surface area (Å²) in [6, 6.07) is 6.93. The minimum atomic E-state index is 0. The maximum Gasteiger partial charge on any atom is 0.193 e. The van der Waals surface area contributed by atoms with E-state index in [9.17, 15) is 0 Å². The fourth-order valence-corrected chi connectivity index (χ4v) is 3.08. The lowest BCUT2D eigenvalue weighted by atomic mass is 9.90. The minimum Gasteiger partial charge on any atom is -0.370 e. The first-order valence-electron chi connectivity index (χ1n) is 7.49. The number of anilines is 1. The molecule has 0 aromatic heterocycles. The summed E-state index contributed by atoms with van der Waals surface area (Å²) in [4.78, 5) is 4.57. The van der Waals surface area contributed by atoms with Gasteiger partial charge in [-0.15, -0.1) is 24.0 Å². The Balaban J connectivity index is 0.00000147. The Kier molecular flexibility index (Phi) is 5.29. The maximum absolute atomic E-state index is 6.04. The van der Waals surface area contributed by atoms with Gasteiger partial charge in [0.1, 0.15) is 0 Å². The van der Waals surface area contributed by atoms with Crippen molar-refractivity contribution in [2.75, 3.05) is 5.32 Å². The van der Waals surface area contributed by atoms with Gasteiger partial charge in [-0.1, -0.05) is 25.5 Å². The van der Waals surface area contributed by atoms with Crippen molar-refractivity contribution in [1.29, 1.82) is 0 Å². The highest BCUT2D eigenvalue weighted by atomic mass is 127. The zero-order chi connectivity index (χ0) is 13.2. The van der Waals surface area contributed by atoms with Gasteiger partial charge in [-0.3, -0.25) is 0 Å². The van der Waals surface area contributed by atoms with Gasteiger partial charge in [0.25, 0.3) is 0 Å². The number of guanidine groups is 1. The fourth-order valence-electron chi connectivity index (χ4n) is 3.08. The van der Waals surface area contributed by atoms with Gasteiger partial charge in [0, 0.05) is 5.69 Å². The van der Waals surface area contributed by atoms with Crippen molar-refractivity contribution >= 4 is 35.6 Å². The van der Waals surface area contributed by atoms with Crippen LogP contribution in [0, 0.1) is 5.92 Å². The summed E-state index contributed by atoms with van der Waals surface area (Å²) in [6.45, 7) is 2.22. The van der Waals surface area contributed by atoms with E-state index in [0.29, 0.717) is 12.0 Å². The summed E-state index contributed by atoms with van der Waals surface area (Å²) >= 11 is 0. The maximum atomic E-state index is 6.04. The second-order valence-electron chi connectivity index (χ2n) is 5.76. The van der Waals surface area contributed by atoms with Crippen LogP contribution in [0.15, 0.2) is 23.2 Å². The van der Waals surface area contributed by atoms with E-state index in [0.717, 1.165) is 18.0 Å². The highest BCUT2D eigenvalue weighted by molar-refractivity contribution is 14.0. The molecule has 0 bridgehead atoms. The van der Waals surface area contributed by atoms with E-state index in [1.54, 1.807) is 0 Å². The molecule has 3 N–H and O–H groups in total. The van der Waals surface area contributed by atoms with Crippen LogP contribution in [0.2, 0.25) is 0 Å². The highest BCUT2D eigenvalue weighted by Gasteiger charge is 2.35. The standard InChI is InChI=1S/C16H23N3.HI/c1-2-11-10-15(11)19-16(17)18-14-9-5-7-12-6-3-4-8-13(12)14;/h5,7,9,11,15H,2-4,6,8,10H2,1H3,(H3,17,18,19);1H/t11-,15-;/m1./s1. The summed E-state index contributed by atoms with van der Waals surface area (Å²) in [5.41, 5.74) is 10.1. The average molecular weight is 385 g/mol. The molecular formula is C16H24IN3. The molecule has 1 aromatic rings. The van der Waals surface area contributed by atoms with E-state index in [1.165, 1.54) is 43.2 Å². The molecule has 2 aliphatic carbocycles. The van der Waals surface area contributed by atoms with Crippen molar-refractivity contribution in [3.05, 3.63) is 29.3 Å². The Morgan fingerprint density at radius 2 is 2.15 bits per heavy atom. The molecule has 1 fully saturated rings. The molecule has 0 unspecified atom stereocenters. The molecule has 3 nitrogen and oxygen atoms in total. The SMILES string of the molecule is CC[C@@H]1C[C@H]1N=C(N)Nc1cccc2c1CCCC2.I. The Hall–Kier alpha value is -0.780. The first-order valence-corrected chi connectivity index (χ1v) is 7.49. The second kappa shape index (κ2) is 6.78. The Labute approximate surface area is 138 Å². The quantitative estimate of drug-likeness (QED) is 0.474. The highest BCUT2D eigenvalue weighted by Crippen LogP contribution is 2.36. The number of halogens is 1. The van der Waals surface area contributed by atoms with Crippen LogP contribution in [0.25, 0.3) is 0 Å². The van der Waals surface area contributed by atoms with Gasteiger partial charge in [-0.2, -0.15) is 0 Å². The third-order valence-electron chi connectivity index (χ3n) is 4.37. The zero-order valence-electron chi connectivity index (χ0n) is 12.1. The number of hydrogen-bond acceptors (Lipinski definition) is 1. The van der Waals surface area contributed by atoms with Crippen molar-refractivity contribution in [3.63, 3.8) is 0 Å². The lowest BCUT2D eigenvalue weighted by molar-refractivity contribution is 0.687. The normalized spacial score (nSPS) is 24.6. The van der Waals surface area contributed by atoms with Crippen LogP contribution in [0.1, 0.15) is 43.7 Å². The summed E-state index contributed by atoms with van der Waals surface area (Å²) in [7, 11) is 0. The van der Waals surface area contributed by atoms with Crippen LogP contribution >= 0.6 is 24.0 Å². The molecule has 2 atom stereocenters. The fraction of sp³-hybridized carbons (Fsp3) is 0.562. The molecule has 0 heterocycles. The summed E-state index contributed by atoms with van der Waals surface area (Å²) in [6.07, 6.45) is 7.35. The smallest absolute Gasteiger partial charge is 0.193 e. The number of nitrogens with zero attached hydrogens (tertiary/aromatic N) is 1.